The average Bonchev–Trinajstić information content (AvgIpc) is 2.39. The van der Waals surface area contributed by atoms with Crippen molar-refractivity contribution in [3.8, 4) is 11.8 Å². The number of benzene rings is 1. The second kappa shape index (κ2) is 4.15. The average molecular weight is 268 g/mol. The van der Waals surface area contributed by atoms with E-state index in [1.165, 1.54) is 38.5 Å². The summed E-state index contributed by atoms with van der Waals surface area (Å²) in [7, 11) is 0. The molecule has 0 radical (unpaired) electrons. The Morgan fingerprint density at radius 2 is 1.70 bits per heavy atom. The fourth-order valence-electron chi connectivity index (χ4n) is 5.11. The van der Waals surface area contributed by atoms with Gasteiger partial charge in [-0.15, -0.1) is 0 Å². The molecule has 0 heterocycles. The van der Waals surface area contributed by atoms with Gasteiger partial charge in [-0.05, 0) is 74.5 Å². The first-order valence-electron chi connectivity index (χ1n) is 7.64. The van der Waals surface area contributed by atoms with E-state index < -0.39 is 0 Å². The van der Waals surface area contributed by atoms with Crippen LogP contribution in [0.4, 0.5) is 5.69 Å². The van der Waals surface area contributed by atoms with Gasteiger partial charge in [-0.1, -0.05) is 0 Å². The van der Waals surface area contributed by atoms with Crippen LogP contribution in [0.1, 0.15) is 44.1 Å². The molecule has 0 unspecified atom stereocenters. The molecule has 0 aliphatic heterocycles. The van der Waals surface area contributed by atoms with Gasteiger partial charge in [-0.3, -0.25) is 0 Å². The van der Waals surface area contributed by atoms with Crippen LogP contribution in [-0.2, 0) is 0 Å². The van der Waals surface area contributed by atoms with Gasteiger partial charge < -0.3 is 10.5 Å². The van der Waals surface area contributed by atoms with E-state index in [1.807, 2.05) is 12.1 Å². The Balaban J connectivity index is 1.65. The van der Waals surface area contributed by atoms with Crippen molar-refractivity contribution in [2.24, 2.45) is 17.8 Å². The topological polar surface area (TPSA) is 59.0 Å². The Morgan fingerprint density at radius 3 is 2.25 bits per heavy atom. The van der Waals surface area contributed by atoms with E-state index in [1.54, 1.807) is 6.07 Å². The summed E-state index contributed by atoms with van der Waals surface area (Å²) in [5.74, 6) is 3.27. The Kier molecular flexibility index (Phi) is 2.51. The molecule has 5 rings (SSSR count). The molecule has 0 saturated heterocycles. The summed E-state index contributed by atoms with van der Waals surface area (Å²) in [5, 5.41) is 9.27. The smallest absolute Gasteiger partial charge is 0.138 e. The molecule has 20 heavy (non-hydrogen) atoms. The summed E-state index contributed by atoms with van der Waals surface area (Å²) in [5.41, 5.74) is 6.95. The van der Waals surface area contributed by atoms with Gasteiger partial charge in [0.1, 0.15) is 17.4 Å². The molecule has 4 aliphatic rings. The Hall–Kier alpha value is -1.69. The van der Waals surface area contributed by atoms with Crippen LogP contribution in [0.2, 0.25) is 0 Å². The van der Waals surface area contributed by atoms with Gasteiger partial charge in [0.25, 0.3) is 0 Å². The number of anilines is 1. The minimum atomic E-state index is -0.00351. The van der Waals surface area contributed by atoms with E-state index in [0.29, 0.717) is 11.3 Å². The molecule has 1 aromatic carbocycles. The van der Waals surface area contributed by atoms with Crippen LogP contribution in [0.5, 0.6) is 5.75 Å². The molecule has 2 N–H and O–H groups in total. The highest BCUT2D eigenvalue weighted by Gasteiger charge is 2.52. The number of hydrogen-bond donors (Lipinski definition) is 1. The predicted molar refractivity (Wildman–Crippen MR) is 77.1 cm³/mol. The zero-order valence-electron chi connectivity index (χ0n) is 11.6. The maximum atomic E-state index is 9.27. The molecular formula is C17H20N2O. The lowest BCUT2D eigenvalue weighted by molar-refractivity contribution is -0.107. The van der Waals surface area contributed by atoms with E-state index in [2.05, 4.69) is 6.07 Å². The summed E-state index contributed by atoms with van der Waals surface area (Å²) in [6.07, 6.45) is 7.72. The number of nitriles is 1. The maximum absolute atomic E-state index is 9.27. The number of nitrogens with zero attached hydrogens (tertiary/aromatic N) is 1. The van der Waals surface area contributed by atoms with Gasteiger partial charge in [0.05, 0.1) is 5.56 Å². The molecule has 0 spiro atoms. The van der Waals surface area contributed by atoms with E-state index in [-0.39, 0.29) is 5.60 Å². The largest absolute Gasteiger partial charge is 0.486 e. The van der Waals surface area contributed by atoms with Crippen molar-refractivity contribution >= 4 is 5.69 Å². The molecule has 1 aromatic rings. The SMILES string of the molecule is N#Cc1cc(N)ccc1OC12CC3CC(CC(C3)C1)C2. The molecular weight excluding hydrogens is 248 g/mol. The van der Waals surface area contributed by atoms with Crippen LogP contribution in [0.3, 0.4) is 0 Å². The first kappa shape index (κ1) is 12.1. The van der Waals surface area contributed by atoms with Crippen molar-refractivity contribution in [2.45, 2.75) is 44.1 Å². The van der Waals surface area contributed by atoms with Crippen molar-refractivity contribution < 1.29 is 4.74 Å². The highest BCUT2D eigenvalue weighted by Crippen LogP contribution is 2.57. The number of nitrogens with two attached hydrogens (primary N) is 1. The fraction of sp³-hybridized carbons (Fsp3) is 0.588. The molecule has 4 bridgehead atoms. The lowest BCUT2D eigenvalue weighted by Crippen LogP contribution is -2.53. The third-order valence-corrected chi connectivity index (χ3v) is 5.43. The molecule has 104 valence electrons. The van der Waals surface area contributed by atoms with Gasteiger partial charge in [0, 0.05) is 5.69 Å². The minimum absolute atomic E-state index is 0.00351. The highest BCUT2D eigenvalue weighted by molar-refractivity contribution is 5.53. The standard InChI is InChI=1S/C17H20N2O/c18-10-14-6-15(19)1-2-16(14)20-17-7-11-3-12(8-17)5-13(4-11)9-17/h1-2,6,11-13H,3-5,7-9,19H2. The molecule has 4 aliphatic carbocycles. The molecule has 0 amide bonds. The number of nitrogen functional groups attached to an aromatic ring is 1. The third kappa shape index (κ3) is 1.86. The van der Waals surface area contributed by atoms with Crippen molar-refractivity contribution in [1.29, 1.82) is 5.26 Å². The summed E-state index contributed by atoms with van der Waals surface area (Å²) < 4.78 is 6.41. The van der Waals surface area contributed by atoms with Crippen LogP contribution < -0.4 is 10.5 Å². The lowest BCUT2D eigenvalue weighted by Gasteiger charge is -2.56. The van der Waals surface area contributed by atoms with Crippen molar-refractivity contribution in [3.05, 3.63) is 23.8 Å². The number of ether oxygens (including phenoxy) is 1. The first-order valence-corrected chi connectivity index (χ1v) is 7.64. The van der Waals surface area contributed by atoms with E-state index in [4.69, 9.17) is 10.5 Å². The summed E-state index contributed by atoms with van der Waals surface area (Å²) in [6.45, 7) is 0. The quantitative estimate of drug-likeness (QED) is 0.835. The molecule has 4 fully saturated rings. The van der Waals surface area contributed by atoms with Crippen LogP contribution in [0.25, 0.3) is 0 Å². The normalized spacial score (nSPS) is 37.6. The van der Waals surface area contributed by atoms with Crippen LogP contribution >= 0.6 is 0 Å². The molecule has 0 aromatic heterocycles. The number of hydrogen-bond acceptors (Lipinski definition) is 3. The lowest BCUT2D eigenvalue weighted by atomic mass is 9.54. The molecule has 3 nitrogen and oxygen atoms in total. The van der Waals surface area contributed by atoms with E-state index in [9.17, 15) is 5.26 Å². The molecule has 0 atom stereocenters. The van der Waals surface area contributed by atoms with Crippen LogP contribution in [-0.4, -0.2) is 5.60 Å². The predicted octanol–water partition coefficient (Wildman–Crippen LogP) is 3.49. The second-order valence-electron chi connectivity index (χ2n) is 7.07. The second-order valence-corrected chi connectivity index (χ2v) is 7.07. The van der Waals surface area contributed by atoms with Crippen molar-refractivity contribution in [1.82, 2.24) is 0 Å². The van der Waals surface area contributed by atoms with Crippen LogP contribution in [0, 0.1) is 29.1 Å². The van der Waals surface area contributed by atoms with Gasteiger partial charge in [0.15, 0.2) is 0 Å². The Bertz CT molecular complexity index is 552. The zero-order valence-corrected chi connectivity index (χ0v) is 11.6. The summed E-state index contributed by atoms with van der Waals surface area (Å²) >= 11 is 0. The van der Waals surface area contributed by atoms with Crippen LogP contribution in [0.15, 0.2) is 18.2 Å². The summed E-state index contributed by atoms with van der Waals surface area (Å²) in [4.78, 5) is 0. The molecule has 4 saturated carbocycles. The van der Waals surface area contributed by atoms with Gasteiger partial charge in [-0.25, -0.2) is 0 Å². The van der Waals surface area contributed by atoms with Gasteiger partial charge >= 0.3 is 0 Å². The summed E-state index contributed by atoms with van der Waals surface area (Å²) in [6, 6.07) is 7.63. The van der Waals surface area contributed by atoms with Gasteiger partial charge in [0.2, 0.25) is 0 Å². The van der Waals surface area contributed by atoms with E-state index in [0.717, 1.165) is 23.5 Å². The van der Waals surface area contributed by atoms with Crippen molar-refractivity contribution in [3.63, 3.8) is 0 Å². The van der Waals surface area contributed by atoms with Gasteiger partial charge in [-0.2, -0.15) is 5.26 Å². The maximum Gasteiger partial charge on any atom is 0.138 e. The number of rotatable bonds is 2. The monoisotopic (exact) mass is 268 g/mol. The minimum Gasteiger partial charge on any atom is -0.486 e. The third-order valence-electron chi connectivity index (χ3n) is 5.43. The Morgan fingerprint density at radius 1 is 1.10 bits per heavy atom. The fourth-order valence-corrected chi connectivity index (χ4v) is 5.11. The van der Waals surface area contributed by atoms with Crippen molar-refractivity contribution in [2.75, 3.05) is 5.73 Å². The Labute approximate surface area is 119 Å². The zero-order chi connectivity index (χ0) is 13.7. The molecule has 3 heteroatoms. The first-order chi connectivity index (χ1) is 9.66. The highest BCUT2D eigenvalue weighted by atomic mass is 16.5. The van der Waals surface area contributed by atoms with E-state index >= 15 is 0 Å².